The van der Waals surface area contributed by atoms with Gasteiger partial charge in [0.1, 0.15) is 11.5 Å². The number of sulfonamides is 1. The lowest BCUT2D eigenvalue weighted by molar-refractivity contribution is -0.148. The molecule has 4 aliphatic rings. The summed E-state index contributed by atoms with van der Waals surface area (Å²) < 4.78 is 33.6. The number of fused-ring (bicyclic) bond motifs is 2. The van der Waals surface area contributed by atoms with Gasteiger partial charge in [-0.25, -0.2) is 13.2 Å². The second-order valence-electron chi connectivity index (χ2n) is 10.7. The number of esters is 1. The van der Waals surface area contributed by atoms with Crippen LogP contribution in [-0.2, 0) is 30.4 Å². The maximum Gasteiger partial charge on any atom is 0.359 e. The van der Waals surface area contributed by atoms with Crippen LogP contribution in [0.15, 0.2) is 0 Å². The fourth-order valence-corrected chi connectivity index (χ4v) is 11.1. The highest BCUT2D eigenvalue weighted by Gasteiger charge is 2.45. The molecule has 4 rings (SSSR count). The Morgan fingerprint density at radius 2 is 1.68 bits per heavy atom. The van der Waals surface area contributed by atoms with E-state index in [-0.39, 0.29) is 32.8 Å². The van der Waals surface area contributed by atoms with Crippen molar-refractivity contribution in [3.05, 3.63) is 0 Å². The first-order chi connectivity index (χ1) is 14.8. The van der Waals surface area contributed by atoms with Crippen LogP contribution in [0.5, 0.6) is 0 Å². The smallest absolute Gasteiger partial charge is 0.359 e. The van der Waals surface area contributed by atoms with Crippen molar-refractivity contribution in [3.8, 4) is 0 Å². The fourth-order valence-electron chi connectivity index (χ4n) is 6.68. The van der Waals surface area contributed by atoms with Gasteiger partial charge in [0.15, 0.2) is 0 Å². The molecule has 0 aromatic heterocycles. The molecule has 0 spiro atoms. The Bertz CT molecular complexity index is 714. The summed E-state index contributed by atoms with van der Waals surface area (Å²) in [5.74, 6) is 3.22. The molecule has 0 aromatic carbocycles. The average molecular weight is 473 g/mol. The topological polar surface area (TPSA) is 63.7 Å². The van der Waals surface area contributed by atoms with E-state index in [1.54, 1.807) is 4.31 Å². The molecule has 0 N–H and O–H groups in total. The molecule has 0 aromatic rings. The lowest BCUT2D eigenvalue weighted by Crippen LogP contribution is -2.50. The van der Waals surface area contributed by atoms with Gasteiger partial charge in [-0.05, 0) is 57.3 Å². The normalized spacial score (nSPS) is 34.5. The summed E-state index contributed by atoms with van der Waals surface area (Å²) in [4.78, 5) is 12.9. The Labute approximate surface area is 192 Å². The Morgan fingerprint density at radius 1 is 1.06 bits per heavy atom. The van der Waals surface area contributed by atoms with Crippen molar-refractivity contribution >= 4 is 26.9 Å². The van der Waals surface area contributed by atoms with E-state index in [1.165, 1.54) is 32.1 Å². The molecule has 31 heavy (non-hydrogen) atoms. The molecule has 4 fully saturated rings. The molecule has 3 atom stereocenters. The van der Waals surface area contributed by atoms with E-state index in [0.29, 0.717) is 19.7 Å². The van der Waals surface area contributed by atoms with Crippen LogP contribution in [-0.4, -0.2) is 60.4 Å². The van der Waals surface area contributed by atoms with E-state index in [1.807, 2.05) is 6.92 Å². The van der Waals surface area contributed by atoms with Crippen LogP contribution in [0.1, 0.15) is 84.5 Å². The van der Waals surface area contributed by atoms with Crippen LogP contribution in [0.25, 0.3) is 0 Å². The Balaban J connectivity index is 1.26. The van der Waals surface area contributed by atoms with Gasteiger partial charge in [-0.1, -0.05) is 39.0 Å². The van der Waals surface area contributed by atoms with Gasteiger partial charge in [-0.3, -0.25) is 0 Å². The Hall–Kier alpha value is -0.270. The molecule has 3 saturated carbocycles. The SMILES string of the molecule is CCC1(COC(=O)C(C)[S+]2CCN(S(=O)(=O)C3CCCCC3)CC2)CC2CCC(C2)C1. The minimum absolute atomic E-state index is 0.0577. The molecule has 1 saturated heterocycles. The van der Waals surface area contributed by atoms with E-state index in [2.05, 4.69) is 6.92 Å². The molecule has 3 aliphatic carbocycles. The highest BCUT2D eigenvalue weighted by atomic mass is 32.2. The van der Waals surface area contributed by atoms with E-state index in [0.717, 1.165) is 61.9 Å². The van der Waals surface area contributed by atoms with Crippen molar-refractivity contribution in [2.24, 2.45) is 17.3 Å². The third-order valence-electron chi connectivity index (χ3n) is 8.73. The molecule has 0 amide bonds. The maximum atomic E-state index is 13.0. The zero-order valence-corrected chi connectivity index (χ0v) is 21.2. The Morgan fingerprint density at radius 3 is 2.26 bits per heavy atom. The minimum Gasteiger partial charge on any atom is -0.461 e. The monoisotopic (exact) mass is 472 g/mol. The first-order valence-electron chi connectivity index (χ1n) is 12.6. The fraction of sp³-hybridized carbons (Fsp3) is 0.958. The summed E-state index contributed by atoms with van der Waals surface area (Å²) in [5, 5.41) is -0.298. The predicted molar refractivity (Wildman–Crippen MR) is 128 cm³/mol. The quantitative estimate of drug-likeness (QED) is 0.413. The van der Waals surface area contributed by atoms with Gasteiger partial charge in [0.2, 0.25) is 15.3 Å². The standard InChI is InChI=1S/C24H42NO4S2/c1-3-24(16-20-9-10-21(15-20)17-24)18-29-23(26)19(2)30-13-11-25(12-14-30)31(27,28)22-7-5-4-6-8-22/h19-22H,3-18H2,1-2H3/q+1. The lowest BCUT2D eigenvalue weighted by Gasteiger charge is -2.39. The van der Waals surface area contributed by atoms with Crippen molar-refractivity contribution in [2.45, 2.75) is 95.0 Å². The van der Waals surface area contributed by atoms with Crippen molar-refractivity contribution in [2.75, 3.05) is 31.2 Å². The zero-order valence-electron chi connectivity index (χ0n) is 19.5. The van der Waals surface area contributed by atoms with Crippen LogP contribution in [0.4, 0.5) is 0 Å². The van der Waals surface area contributed by atoms with Crippen LogP contribution in [0, 0.1) is 17.3 Å². The van der Waals surface area contributed by atoms with Gasteiger partial charge >= 0.3 is 5.97 Å². The summed E-state index contributed by atoms with van der Waals surface area (Å²) in [6.07, 6.45) is 12.5. The Kier molecular flexibility index (Phi) is 7.64. The number of hydrogen-bond acceptors (Lipinski definition) is 4. The van der Waals surface area contributed by atoms with Crippen molar-refractivity contribution < 1.29 is 17.9 Å². The predicted octanol–water partition coefficient (Wildman–Crippen LogP) is 4.12. The molecular weight excluding hydrogens is 430 g/mol. The molecule has 178 valence electrons. The van der Waals surface area contributed by atoms with E-state index in [4.69, 9.17) is 4.74 Å². The van der Waals surface area contributed by atoms with E-state index >= 15 is 0 Å². The largest absolute Gasteiger partial charge is 0.461 e. The van der Waals surface area contributed by atoms with Gasteiger partial charge in [-0.15, -0.1) is 0 Å². The number of hydrogen-bond donors (Lipinski definition) is 0. The average Bonchev–Trinajstić information content (AvgIpc) is 3.16. The highest BCUT2D eigenvalue weighted by Crippen LogP contribution is 2.52. The van der Waals surface area contributed by atoms with Crippen molar-refractivity contribution in [3.63, 3.8) is 0 Å². The van der Waals surface area contributed by atoms with Crippen molar-refractivity contribution in [1.29, 1.82) is 0 Å². The van der Waals surface area contributed by atoms with Gasteiger partial charge in [0.05, 0.1) is 24.9 Å². The minimum atomic E-state index is -3.17. The number of rotatable bonds is 7. The van der Waals surface area contributed by atoms with Crippen LogP contribution < -0.4 is 0 Å². The van der Waals surface area contributed by atoms with Gasteiger partial charge in [-0.2, -0.15) is 4.31 Å². The number of carbonyl (C=O) groups is 1. The maximum absolute atomic E-state index is 13.0. The summed E-state index contributed by atoms with van der Waals surface area (Å²) in [7, 11) is -3.26. The molecule has 2 bridgehead atoms. The number of nitrogens with zero attached hydrogens (tertiary/aromatic N) is 1. The summed E-state index contributed by atoms with van der Waals surface area (Å²) in [6, 6.07) is 0. The van der Waals surface area contributed by atoms with Crippen LogP contribution in [0.2, 0.25) is 0 Å². The third kappa shape index (κ3) is 5.29. The molecule has 5 nitrogen and oxygen atoms in total. The van der Waals surface area contributed by atoms with Crippen molar-refractivity contribution in [1.82, 2.24) is 4.31 Å². The van der Waals surface area contributed by atoms with Crippen LogP contribution >= 0.6 is 0 Å². The number of ether oxygens (including phenoxy) is 1. The first-order valence-corrected chi connectivity index (χ1v) is 15.8. The number of carbonyl (C=O) groups excluding carboxylic acids is 1. The van der Waals surface area contributed by atoms with E-state index < -0.39 is 10.0 Å². The molecule has 0 radical (unpaired) electrons. The molecule has 1 aliphatic heterocycles. The molecule has 7 heteroatoms. The highest BCUT2D eigenvalue weighted by molar-refractivity contribution is 7.98. The molecular formula is C24H42NO4S2+. The summed E-state index contributed by atoms with van der Waals surface area (Å²) in [6.45, 7) is 5.98. The third-order valence-corrected chi connectivity index (χ3v) is 13.7. The van der Waals surface area contributed by atoms with Crippen LogP contribution in [0.3, 0.4) is 0 Å². The summed E-state index contributed by atoms with van der Waals surface area (Å²) in [5.41, 5.74) is 0.194. The second kappa shape index (κ2) is 9.92. The second-order valence-corrected chi connectivity index (χ2v) is 15.5. The molecule has 1 heterocycles. The lowest BCUT2D eigenvalue weighted by atomic mass is 9.68. The zero-order chi connectivity index (χ0) is 22.1. The van der Waals surface area contributed by atoms with Gasteiger partial charge in [0, 0.05) is 16.3 Å². The molecule has 3 unspecified atom stereocenters. The van der Waals surface area contributed by atoms with E-state index in [9.17, 15) is 13.2 Å². The van der Waals surface area contributed by atoms with Gasteiger partial charge < -0.3 is 4.74 Å². The van der Waals surface area contributed by atoms with Gasteiger partial charge in [0.25, 0.3) is 0 Å². The first kappa shape index (κ1) is 23.9. The summed E-state index contributed by atoms with van der Waals surface area (Å²) >= 11 is 0.